The molecule has 0 saturated heterocycles. The molecule has 10 heteroatoms. The number of aromatic nitrogens is 2. The van der Waals surface area contributed by atoms with Gasteiger partial charge in [0.15, 0.2) is 0 Å². The number of aryl methyl sites for hydroxylation is 1. The van der Waals surface area contributed by atoms with E-state index in [0.717, 1.165) is 24.3 Å². The third-order valence-corrected chi connectivity index (χ3v) is 3.70. The molecule has 1 aromatic heterocycles. The molecule has 0 fully saturated rings. The Kier molecular flexibility index (Phi) is 4.82. The first kappa shape index (κ1) is 18.4. The van der Waals surface area contributed by atoms with Gasteiger partial charge in [-0.2, -0.15) is 18.3 Å². The van der Waals surface area contributed by atoms with Crippen LogP contribution in [0.25, 0.3) is 0 Å². The molecular weight excluding hydrogens is 341 g/mol. The zero-order valence-corrected chi connectivity index (χ0v) is 13.6. The number of halogens is 3. The van der Waals surface area contributed by atoms with Gasteiger partial charge in [-0.3, -0.25) is 19.6 Å². The van der Waals surface area contributed by atoms with E-state index in [9.17, 15) is 28.1 Å². The van der Waals surface area contributed by atoms with Crippen LogP contribution in [0.15, 0.2) is 24.3 Å². The summed E-state index contributed by atoms with van der Waals surface area (Å²) in [5.41, 5.74) is -0.419. The predicted molar refractivity (Wildman–Crippen MR) is 83.1 cm³/mol. The number of nitro groups is 1. The van der Waals surface area contributed by atoms with E-state index in [4.69, 9.17) is 0 Å². The minimum absolute atomic E-state index is 0.172. The average molecular weight is 356 g/mol. The Morgan fingerprint density at radius 2 is 1.84 bits per heavy atom. The molecule has 0 aliphatic carbocycles. The Hall–Kier alpha value is -2.91. The fraction of sp³-hybridized carbons (Fsp3) is 0.333. The molecule has 134 valence electrons. The molecule has 1 aromatic carbocycles. The number of rotatable bonds is 4. The summed E-state index contributed by atoms with van der Waals surface area (Å²) >= 11 is 0. The monoisotopic (exact) mass is 356 g/mol. The van der Waals surface area contributed by atoms with Crippen LogP contribution >= 0.6 is 0 Å². The van der Waals surface area contributed by atoms with E-state index in [1.54, 1.807) is 0 Å². The first-order chi connectivity index (χ1) is 11.5. The average Bonchev–Trinajstić information content (AvgIpc) is 2.80. The van der Waals surface area contributed by atoms with Gasteiger partial charge in [-0.15, -0.1) is 0 Å². The van der Waals surface area contributed by atoms with Crippen molar-refractivity contribution in [2.45, 2.75) is 33.0 Å². The molecule has 1 atom stereocenters. The Morgan fingerprint density at radius 1 is 1.28 bits per heavy atom. The molecule has 0 spiro atoms. The molecule has 1 heterocycles. The van der Waals surface area contributed by atoms with Crippen molar-refractivity contribution in [3.8, 4) is 0 Å². The molecule has 0 saturated carbocycles. The van der Waals surface area contributed by atoms with Crippen molar-refractivity contribution >= 4 is 17.3 Å². The van der Waals surface area contributed by atoms with Gasteiger partial charge in [0.2, 0.25) is 5.91 Å². The molecule has 0 aliphatic rings. The summed E-state index contributed by atoms with van der Waals surface area (Å²) in [6.07, 6.45) is -4.46. The summed E-state index contributed by atoms with van der Waals surface area (Å²) in [4.78, 5) is 22.7. The van der Waals surface area contributed by atoms with E-state index >= 15 is 0 Å². The second-order valence-corrected chi connectivity index (χ2v) is 5.46. The molecule has 0 unspecified atom stereocenters. The van der Waals surface area contributed by atoms with Crippen molar-refractivity contribution < 1.29 is 22.9 Å². The Bertz CT molecular complexity index is 813. The number of carbonyl (C=O) groups excluding carboxylic acids is 1. The lowest BCUT2D eigenvalue weighted by molar-refractivity contribution is -0.386. The van der Waals surface area contributed by atoms with E-state index in [2.05, 4.69) is 10.4 Å². The van der Waals surface area contributed by atoms with Crippen LogP contribution in [0.3, 0.4) is 0 Å². The van der Waals surface area contributed by atoms with Crippen molar-refractivity contribution in [1.82, 2.24) is 9.78 Å². The van der Waals surface area contributed by atoms with E-state index in [1.807, 2.05) is 0 Å². The number of nitrogens with one attached hydrogen (secondary N) is 1. The van der Waals surface area contributed by atoms with Gasteiger partial charge in [-0.1, -0.05) is 0 Å². The summed E-state index contributed by atoms with van der Waals surface area (Å²) in [6, 6.07) is 3.10. The van der Waals surface area contributed by atoms with E-state index < -0.39 is 28.6 Å². The third kappa shape index (κ3) is 3.78. The zero-order chi connectivity index (χ0) is 18.9. The Labute approximate surface area is 140 Å². The maximum absolute atomic E-state index is 12.5. The summed E-state index contributed by atoms with van der Waals surface area (Å²) in [7, 11) is 0. The number of amides is 1. The van der Waals surface area contributed by atoms with E-state index in [1.165, 1.54) is 25.5 Å². The minimum atomic E-state index is -4.46. The van der Waals surface area contributed by atoms with E-state index in [-0.39, 0.29) is 22.8 Å². The second kappa shape index (κ2) is 6.54. The van der Waals surface area contributed by atoms with Gasteiger partial charge in [-0.25, -0.2) is 0 Å². The molecule has 2 aromatic rings. The highest BCUT2D eigenvalue weighted by atomic mass is 19.4. The van der Waals surface area contributed by atoms with Crippen LogP contribution in [0, 0.1) is 24.0 Å². The van der Waals surface area contributed by atoms with E-state index in [0.29, 0.717) is 0 Å². The van der Waals surface area contributed by atoms with Gasteiger partial charge in [0, 0.05) is 5.69 Å². The molecule has 7 nitrogen and oxygen atoms in total. The first-order valence-electron chi connectivity index (χ1n) is 7.20. The normalized spacial score (nSPS) is 12.7. The molecule has 25 heavy (non-hydrogen) atoms. The SMILES string of the molecule is Cc1nn([C@@H](C)C(=O)Nc2ccc(C(F)(F)F)cc2)c(C)c1[N+](=O)[O-]. The Morgan fingerprint density at radius 3 is 2.28 bits per heavy atom. The summed E-state index contributed by atoms with van der Waals surface area (Å²) in [5.74, 6) is -0.555. The van der Waals surface area contributed by atoms with Crippen molar-refractivity contribution in [2.24, 2.45) is 0 Å². The summed E-state index contributed by atoms with van der Waals surface area (Å²) in [5, 5.41) is 17.5. The van der Waals surface area contributed by atoms with Crippen LogP contribution in [-0.4, -0.2) is 20.6 Å². The molecule has 1 N–H and O–H groups in total. The second-order valence-electron chi connectivity index (χ2n) is 5.46. The molecule has 0 aliphatic heterocycles. The topological polar surface area (TPSA) is 90.1 Å². The highest BCUT2D eigenvalue weighted by Crippen LogP contribution is 2.30. The quantitative estimate of drug-likeness (QED) is 0.669. The van der Waals surface area contributed by atoms with Crippen LogP contribution in [-0.2, 0) is 11.0 Å². The van der Waals surface area contributed by atoms with Gasteiger partial charge < -0.3 is 5.32 Å². The molecular formula is C15H15F3N4O3. The van der Waals surface area contributed by atoms with Crippen molar-refractivity contribution in [1.29, 1.82) is 0 Å². The molecule has 0 radical (unpaired) electrons. The van der Waals surface area contributed by atoms with Crippen LogP contribution < -0.4 is 5.32 Å². The van der Waals surface area contributed by atoms with Crippen molar-refractivity contribution in [2.75, 3.05) is 5.32 Å². The first-order valence-corrected chi connectivity index (χ1v) is 7.20. The van der Waals surface area contributed by atoms with Gasteiger partial charge in [0.25, 0.3) is 0 Å². The standard InChI is InChI=1S/C15H15F3N4O3/c1-8-13(22(24)25)9(2)21(20-8)10(3)14(23)19-12-6-4-11(5-7-12)15(16,17)18/h4-7,10H,1-3H3,(H,19,23)/t10-/m0/s1. The van der Waals surface area contributed by atoms with Crippen LogP contribution in [0.1, 0.15) is 29.9 Å². The number of nitrogens with zero attached hydrogens (tertiary/aromatic N) is 3. The lowest BCUT2D eigenvalue weighted by Gasteiger charge is -2.14. The fourth-order valence-corrected chi connectivity index (χ4v) is 2.40. The molecule has 1 amide bonds. The van der Waals surface area contributed by atoms with Crippen LogP contribution in [0.4, 0.5) is 24.5 Å². The molecule has 2 rings (SSSR count). The predicted octanol–water partition coefficient (Wildman–Crippen LogP) is 3.63. The van der Waals surface area contributed by atoms with Crippen molar-refractivity contribution in [3.63, 3.8) is 0 Å². The largest absolute Gasteiger partial charge is 0.416 e. The van der Waals surface area contributed by atoms with Gasteiger partial charge in [-0.05, 0) is 45.0 Å². The number of alkyl halides is 3. The van der Waals surface area contributed by atoms with Crippen LogP contribution in [0.5, 0.6) is 0 Å². The lowest BCUT2D eigenvalue weighted by atomic mass is 10.2. The number of benzene rings is 1. The number of hydrogen-bond donors (Lipinski definition) is 1. The highest BCUT2D eigenvalue weighted by Gasteiger charge is 2.30. The zero-order valence-electron chi connectivity index (χ0n) is 13.6. The van der Waals surface area contributed by atoms with Crippen LogP contribution in [0.2, 0.25) is 0 Å². The number of carbonyl (C=O) groups is 1. The summed E-state index contributed by atoms with van der Waals surface area (Å²) < 4.78 is 38.8. The van der Waals surface area contributed by atoms with Crippen molar-refractivity contribution in [3.05, 3.63) is 51.3 Å². The van der Waals surface area contributed by atoms with Gasteiger partial charge in [0.1, 0.15) is 17.4 Å². The highest BCUT2D eigenvalue weighted by molar-refractivity contribution is 5.93. The maximum Gasteiger partial charge on any atom is 0.416 e. The number of anilines is 1. The lowest BCUT2D eigenvalue weighted by Crippen LogP contribution is -2.25. The number of hydrogen-bond acceptors (Lipinski definition) is 4. The minimum Gasteiger partial charge on any atom is -0.324 e. The van der Waals surface area contributed by atoms with Gasteiger partial charge in [0.05, 0.1) is 10.5 Å². The summed E-state index contributed by atoms with van der Waals surface area (Å²) in [6.45, 7) is 4.42. The third-order valence-electron chi connectivity index (χ3n) is 3.70. The smallest absolute Gasteiger partial charge is 0.324 e. The Balaban J connectivity index is 2.19. The fourth-order valence-electron chi connectivity index (χ4n) is 2.40. The van der Waals surface area contributed by atoms with Gasteiger partial charge >= 0.3 is 11.9 Å². The maximum atomic E-state index is 12.5. The molecule has 0 bridgehead atoms.